The maximum Gasteiger partial charge on any atom is 0.160 e. The summed E-state index contributed by atoms with van der Waals surface area (Å²) in [5, 5.41) is 11.4. The number of aromatic nitrogens is 2. The van der Waals surface area contributed by atoms with Crippen LogP contribution in [0.5, 0.6) is 0 Å². The van der Waals surface area contributed by atoms with Gasteiger partial charge in [-0.3, -0.25) is 0 Å². The van der Waals surface area contributed by atoms with Crippen molar-refractivity contribution in [3.05, 3.63) is 243 Å². The Bertz CT molecular complexity index is 3980. The Kier molecular flexibility index (Phi) is 9.40. The van der Waals surface area contributed by atoms with Gasteiger partial charge in [-0.05, 0) is 118 Å². The highest BCUT2D eigenvalue weighted by atomic mass is 32.1. The van der Waals surface area contributed by atoms with Gasteiger partial charge in [-0.2, -0.15) is 0 Å². The van der Waals surface area contributed by atoms with Gasteiger partial charge >= 0.3 is 0 Å². The van der Waals surface area contributed by atoms with E-state index in [1.807, 2.05) is 29.5 Å². The van der Waals surface area contributed by atoms with E-state index in [0.29, 0.717) is 5.82 Å². The Balaban J connectivity index is 0.840. The number of fused-ring (bicyclic) bond motifs is 6. The first kappa shape index (κ1) is 38.9. The molecule has 0 aliphatic heterocycles. The fourth-order valence-corrected chi connectivity index (χ4v) is 11.0. The van der Waals surface area contributed by atoms with Crippen molar-refractivity contribution in [3.63, 3.8) is 0 Å². The Labute approximate surface area is 392 Å². The van der Waals surface area contributed by atoms with Gasteiger partial charge in [-0.15, -0.1) is 11.3 Å². The summed E-state index contributed by atoms with van der Waals surface area (Å²) in [6.07, 6.45) is 0. The second-order valence-electron chi connectivity index (χ2n) is 17.3. The van der Waals surface area contributed by atoms with Gasteiger partial charge in [-0.25, -0.2) is 9.97 Å². The first-order valence-corrected chi connectivity index (χ1v) is 23.6. The molecule has 3 heteroatoms. The van der Waals surface area contributed by atoms with Crippen LogP contribution in [0.15, 0.2) is 243 Å². The summed E-state index contributed by atoms with van der Waals surface area (Å²) in [6, 6.07) is 87.8. The van der Waals surface area contributed by atoms with Crippen LogP contribution in [0, 0.1) is 0 Å². The lowest BCUT2D eigenvalue weighted by atomic mass is 9.86. The van der Waals surface area contributed by atoms with E-state index in [2.05, 4.69) is 224 Å². The number of nitrogens with zero attached hydrogens (tertiary/aromatic N) is 2. The summed E-state index contributed by atoms with van der Waals surface area (Å²) in [6.45, 7) is 0. The molecule has 0 spiro atoms. The smallest absolute Gasteiger partial charge is 0.160 e. The van der Waals surface area contributed by atoms with Crippen molar-refractivity contribution < 1.29 is 0 Å². The Hall–Kier alpha value is -8.50. The van der Waals surface area contributed by atoms with E-state index in [4.69, 9.17) is 9.97 Å². The van der Waals surface area contributed by atoms with Crippen molar-refractivity contribution in [1.29, 1.82) is 0 Å². The van der Waals surface area contributed by atoms with Gasteiger partial charge < -0.3 is 0 Å². The maximum atomic E-state index is 5.14. The minimum Gasteiger partial charge on any atom is -0.228 e. The van der Waals surface area contributed by atoms with Crippen LogP contribution in [0.25, 0.3) is 131 Å². The predicted octanol–water partition coefficient (Wildman–Crippen LogP) is 18.0. The number of rotatable bonds is 7. The Morgan fingerprint density at radius 3 is 1.60 bits per heavy atom. The molecule has 0 saturated carbocycles. The fraction of sp³-hybridized carbons (Fsp3) is 0. The van der Waals surface area contributed by atoms with E-state index in [1.165, 1.54) is 85.9 Å². The molecule has 2 heterocycles. The lowest BCUT2D eigenvalue weighted by Gasteiger charge is -2.17. The molecule has 0 saturated heterocycles. The Morgan fingerprint density at radius 1 is 0.269 bits per heavy atom. The van der Waals surface area contributed by atoms with E-state index >= 15 is 0 Å². The van der Waals surface area contributed by atoms with E-state index < -0.39 is 0 Å². The van der Waals surface area contributed by atoms with Crippen molar-refractivity contribution in [1.82, 2.24) is 9.97 Å². The highest BCUT2D eigenvalue weighted by Gasteiger charge is 2.17. The third-order valence-electron chi connectivity index (χ3n) is 13.3. The number of hydrogen-bond acceptors (Lipinski definition) is 3. The molecule has 0 atom stereocenters. The first-order valence-electron chi connectivity index (χ1n) is 22.8. The Morgan fingerprint density at radius 2 is 0.836 bits per heavy atom. The zero-order valence-electron chi connectivity index (χ0n) is 36.4. The third-order valence-corrected chi connectivity index (χ3v) is 14.5. The summed E-state index contributed by atoms with van der Waals surface area (Å²) < 4.78 is 1.29. The molecule has 312 valence electrons. The number of benzene rings is 11. The standard InChI is InChI=1S/C64H40N2S/c1-2-14-46(15-3-1)64-65-59(40-60(66-64)48-18-12-19-49(37-48)62-39-50-17-6-11-24-61(50)67-62)45-31-27-42(28-32-45)41-25-29-44(30-26-41)52-35-36-56(55-23-10-9-22-54(52)55)63-53-21-8-5-16-47(53)38-58-51-20-7-4-13-43(51)33-34-57(58)63/h1-40H. The van der Waals surface area contributed by atoms with Crippen molar-refractivity contribution in [3.8, 4) is 77.7 Å². The van der Waals surface area contributed by atoms with Crippen LogP contribution in [0.4, 0.5) is 0 Å². The molecule has 11 aromatic carbocycles. The molecular weight excluding hydrogens is 829 g/mol. The van der Waals surface area contributed by atoms with Gasteiger partial charge in [0.1, 0.15) is 0 Å². The zero-order valence-corrected chi connectivity index (χ0v) is 37.2. The van der Waals surface area contributed by atoms with E-state index in [9.17, 15) is 0 Å². The normalized spacial score (nSPS) is 11.6. The fourth-order valence-electron chi connectivity index (χ4n) is 9.97. The molecule has 0 amide bonds. The highest BCUT2D eigenvalue weighted by Crippen LogP contribution is 2.44. The zero-order chi connectivity index (χ0) is 44.3. The molecule has 0 radical (unpaired) electrons. The average molecular weight is 869 g/mol. The van der Waals surface area contributed by atoms with Crippen LogP contribution in [-0.4, -0.2) is 9.97 Å². The predicted molar refractivity (Wildman–Crippen MR) is 285 cm³/mol. The van der Waals surface area contributed by atoms with Crippen LogP contribution in [-0.2, 0) is 0 Å². The molecule has 13 rings (SSSR count). The monoisotopic (exact) mass is 868 g/mol. The molecule has 13 aromatic rings. The van der Waals surface area contributed by atoms with E-state index in [1.54, 1.807) is 0 Å². The maximum absolute atomic E-state index is 5.14. The van der Waals surface area contributed by atoms with Crippen LogP contribution >= 0.6 is 11.3 Å². The van der Waals surface area contributed by atoms with Crippen molar-refractivity contribution in [2.75, 3.05) is 0 Å². The van der Waals surface area contributed by atoms with Crippen molar-refractivity contribution in [2.24, 2.45) is 0 Å². The van der Waals surface area contributed by atoms with Gasteiger partial charge in [-0.1, -0.05) is 212 Å². The van der Waals surface area contributed by atoms with Crippen molar-refractivity contribution >= 4 is 64.5 Å². The van der Waals surface area contributed by atoms with Crippen LogP contribution in [0.3, 0.4) is 0 Å². The lowest BCUT2D eigenvalue weighted by molar-refractivity contribution is 1.18. The number of hydrogen-bond donors (Lipinski definition) is 0. The topological polar surface area (TPSA) is 25.8 Å². The molecule has 2 aromatic heterocycles. The minimum atomic E-state index is 0.708. The molecule has 0 fully saturated rings. The molecule has 0 aliphatic carbocycles. The third kappa shape index (κ3) is 6.96. The summed E-state index contributed by atoms with van der Waals surface area (Å²) in [5.74, 6) is 0.708. The SMILES string of the molecule is c1ccc(-c2nc(-c3ccc(-c4ccc(-c5ccc(-c6c7ccccc7cc7c6ccc6ccccc67)c6ccccc56)cc4)cc3)cc(-c3cccc(-c4cc5ccccc5s4)c3)n2)cc1. The van der Waals surface area contributed by atoms with Gasteiger partial charge in [0.05, 0.1) is 11.4 Å². The minimum absolute atomic E-state index is 0.708. The van der Waals surface area contributed by atoms with Gasteiger partial charge in [0.15, 0.2) is 5.82 Å². The second kappa shape index (κ2) is 16.2. The second-order valence-corrected chi connectivity index (χ2v) is 18.4. The average Bonchev–Trinajstić information content (AvgIpc) is 3.85. The highest BCUT2D eigenvalue weighted by molar-refractivity contribution is 7.22. The molecule has 0 N–H and O–H groups in total. The molecule has 2 nitrogen and oxygen atoms in total. The molecular formula is C64H40N2S. The molecule has 0 aliphatic rings. The molecule has 0 unspecified atom stereocenters. The van der Waals surface area contributed by atoms with E-state index in [-0.39, 0.29) is 0 Å². The largest absolute Gasteiger partial charge is 0.228 e. The van der Waals surface area contributed by atoms with Crippen LogP contribution in [0.2, 0.25) is 0 Å². The number of thiophene rings is 1. The first-order chi connectivity index (χ1) is 33.2. The summed E-state index contributed by atoms with van der Waals surface area (Å²) in [7, 11) is 0. The summed E-state index contributed by atoms with van der Waals surface area (Å²) in [5.41, 5.74) is 13.3. The van der Waals surface area contributed by atoms with Gasteiger partial charge in [0.25, 0.3) is 0 Å². The summed E-state index contributed by atoms with van der Waals surface area (Å²) >= 11 is 1.82. The summed E-state index contributed by atoms with van der Waals surface area (Å²) in [4.78, 5) is 11.5. The lowest BCUT2D eigenvalue weighted by Crippen LogP contribution is -1.96. The van der Waals surface area contributed by atoms with Gasteiger partial charge in [0, 0.05) is 26.3 Å². The van der Waals surface area contributed by atoms with Crippen molar-refractivity contribution in [2.45, 2.75) is 0 Å². The van der Waals surface area contributed by atoms with Gasteiger partial charge in [0.2, 0.25) is 0 Å². The van der Waals surface area contributed by atoms with Crippen LogP contribution in [0.1, 0.15) is 0 Å². The molecule has 0 bridgehead atoms. The van der Waals surface area contributed by atoms with Crippen LogP contribution < -0.4 is 0 Å². The quantitative estimate of drug-likeness (QED) is 0.118. The van der Waals surface area contributed by atoms with E-state index in [0.717, 1.165) is 39.2 Å². The molecule has 67 heavy (non-hydrogen) atoms.